The van der Waals surface area contributed by atoms with Crippen LogP contribution < -0.4 is 10.1 Å². The van der Waals surface area contributed by atoms with Crippen molar-refractivity contribution in [1.29, 1.82) is 0 Å². The van der Waals surface area contributed by atoms with Gasteiger partial charge in [0.25, 0.3) is 0 Å². The number of nitrogens with zero attached hydrogens (tertiary/aromatic N) is 2. The molecule has 1 aromatic rings. The van der Waals surface area contributed by atoms with E-state index in [9.17, 15) is 4.79 Å². The number of carbonyl (C=O) groups is 1. The Labute approximate surface area is 128 Å². The highest BCUT2D eigenvalue weighted by atomic mass is 79.9. The van der Waals surface area contributed by atoms with Gasteiger partial charge < -0.3 is 14.8 Å². The van der Waals surface area contributed by atoms with Gasteiger partial charge in [0.2, 0.25) is 5.91 Å². The van der Waals surface area contributed by atoms with Crippen molar-refractivity contribution in [2.45, 2.75) is 0 Å². The molecule has 1 aliphatic heterocycles. The first-order chi connectivity index (χ1) is 9.69. The fourth-order valence-corrected chi connectivity index (χ4v) is 2.51. The predicted molar refractivity (Wildman–Crippen MR) is 82.3 cm³/mol. The van der Waals surface area contributed by atoms with Gasteiger partial charge in [0, 0.05) is 7.11 Å². The summed E-state index contributed by atoms with van der Waals surface area (Å²) in [6, 6.07) is 5.51. The van der Waals surface area contributed by atoms with E-state index in [1.807, 2.05) is 18.2 Å². The lowest BCUT2D eigenvalue weighted by molar-refractivity contribution is -0.116. The molecule has 0 saturated carbocycles. The van der Waals surface area contributed by atoms with Gasteiger partial charge in [0.05, 0.1) is 16.4 Å². The van der Waals surface area contributed by atoms with Crippen LogP contribution in [-0.4, -0.2) is 36.9 Å². The Morgan fingerprint density at radius 3 is 3.05 bits per heavy atom. The van der Waals surface area contributed by atoms with E-state index in [2.05, 4.69) is 31.4 Å². The number of benzene rings is 1. The molecule has 8 heteroatoms. The summed E-state index contributed by atoms with van der Waals surface area (Å²) in [7, 11) is 1.56. The molecular formula is C12H12BrN3O3S. The number of carbonyl (C=O) groups excluding carboxylic acids is 1. The van der Waals surface area contributed by atoms with E-state index in [0.29, 0.717) is 16.7 Å². The van der Waals surface area contributed by atoms with Gasteiger partial charge in [-0.05, 0) is 39.7 Å². The minimum atomic E-state index is -0.0497. The van der Waals surface area contributed by atoms with Crippen LogP contribution >= 0.6 is 27.7 Å². The van der Waals surface area contributed by atoms with Gasteiger partial charge in [-0.1, -0.05) is 11.8 Å². The van der Waals surface area contributed by atoms with Crippen molar-refractivity contribution in [2.24, 2.45) is 10.2 Å². The number of thioether (sulfide) groups is 1. The molecule has 1 fully saturated rings. The largest absolute Gasteiger partial charge is 0.466 e. The smallest absolute Gasteiger partial charge is 0.236 e. The number of amides is 1. The van der Waals surface area contributed by atoms with Gasteiger partial charge in [-0.25, -0.2) is 0 Å². The van der Waals surface area contributed by atoms with Crippen molar-refractivity contribution >= 4 is 45.0 Å². The number of ether oxygens (including phenoxy) is 2. The standard InChI is InChI=1S/C12H12BrN3O3S/c1-18-7-19-10-3-2-8(4-9(10)13)5-14-16-12-15-11(17)6-20-12/h2-5H,6-7H2,1H3,(H,15,16,17). The van der Waals surface area contributed by atoms with Crippen molar-refractivity contribution < 1.29 is 14.3 Å². The van der Waals surface area contributed by atoms with E-state index in [-0.39, 0.29) is 12.7 Å². The van der Waals surface area contributed by atoms with Crippen molar-refractivity contribution in [3.05, 3.63) is 28.2 Å². The lowest BCUT2D eigenvalue weighted by atomic mass is 10.2. The fourth-order valence-electron chi connectivity index (χ4n) is 1.36. The molecule has 1 aliphatic rings. The highest BCUT2D eigenvalue weighted by Gasteiger charge is 2.15. The minimum Gasteiger partial charge on any atom is -0.466 e. The predicted octanol–water partition coefficient (Wildman–Crippen LogP) is 1.98. The van der Waals surface area contributed by atoms with Crippen LogP contribution in [0.1, 0.15) is 5.56 Å². The molecule has 6 nitrogen and oxygen atoms in total. The first-order valence-corrected chi connectivity index (χ1v) is 7.42. The molecule has 1 aromatic carbocycles. The Morgan fingerprint density at radius 1 is 1.55 bits per heavy atom. The molecule has 1 N–H and O–H groups in total. The molecule has 2 rings (SSSR count). The number of methoxy groups -OCH3 is 1. The molecule has 1 heterocycles. The molecule has 0 radical (unpaired) electrons. The van der Waals surface area contributed by atoms with E-state index < -0.39 is 0 Å². The molecule has 0 aromatic heterocycles. The van der Waals surface area contributed by atoms with E-state index >= 15 is 0 Å². The molecule has 0 unspecified atom stereocenters. The van der Waals surface area contributed by atoms with Crippen molar-refractivity contribution in [2.75, 3.05) is 19.7 Å². The Kier molecular flexibility index (Phi) is 5.57. The zero-order valence-electron chi connectivity index (χ0n) is 10.6. The van der Waals surface area contributed by atoms with Crippen molar-refractivity contribution in [3.8, 4) is 5.75 Å². The van der Waals surface area contributed by atoms with Gasteiger partial charge in [-0.15, -0.1) is 5.10 Å². The third-order valence-electron chi connectivity index (χ3n) is 2.23. The van der Waals surface area contributed by atoms with Crippen molar-refractivity contribution in [3.63, 3.8) is 0 Å². The van der Waals surface area contributed by atoms with Gasteiger partial charge in [-0.2, -0.15) is 5.10 Å². The molecule has 0 atom stereocenters. The maximum Gasteiger partial charge on any atom is 0.236 e. The maximum atomic E-state index is 11.0. The van der Waals surface area contributed by atoms with Crippen LogP contribution in [-0.2, 0) is 9.53 Å². The molecule has 1 saturated heterocycles. The first-order valence-electron chi connectivity index (χ1n) is 5.64. The summed E-state index contributed by atoms with van der Waals surface area (Å²) in [5.74, 6) is 1.03. The van der Waals surface area contributed by atoms with Crippen LogP contribution in [0.15, 0.2) is 32.9 Å². The Bertz CT molecular complexity index is 563. The number of halogens is 1. The molecule has 0 spiro atoms. The van der Waals surface area contributed by atoms with Crippen LogP contribution in [0, 0.1) is 0 Å². The Balaban J connectivity index is 1.99. The summed E-state index contributed by atoms with van der Waals surface area (Å²) in [5.41, 5.74) is 0.861. The average Bonchev–Trinajstić information content (AvgIpc) is 2.84. The average molecular weight is 358 g/mol. The third-order valence-corrected chi connectivity index (χ3v) is 3.71. The summed E-state index contributed by atoms with van der Waals surface area (Å²) >= 11 is 4.74. The molecular weight excluding hydrogens is 346 g/mol. The van der Waals surface area contributed by atoms with E-state index in [1.54, 1.807) is 13.3 Å². The minimum absolute atomic E-state index is 0.0497. The summed E-state index contributed by atoms with van der Waals surface area (Å²) in [6.07, 6.45) is 1.60. The second kappa shape index (κ2) is 7.41. The fraction of sp³-hybridized carbons (Fsp3) is 0.250. The number of nitrogens with one attached hydrogen (secondary N) is 1. The second-order valence-electron chi connectivity index (χ2n) is 3.73. The van der Waals surface area contributed by atoms with E-state index in [0.717, 1.165) is 10.0 Å². The van der Waals surface area contributed by atoms with Crippen LogP contribution in [0.2, 0.25) is 0 Å². The monoisotopic (exact) mass is 357 g/mol. The lowest BCUT2D eigenvalue weighted by Crippen LogP contribution is -2.19. The SMILES string of the molecule is COCOc1ccc(C=NN=C2NC(=O)CS2)cc1Br. The Morgan fingerprint density at radius 2 is 2.40 bits per heavy atom. The normalized spacial score (nSPS) is 16.9. The third kappa shape index (κ3) is 4.32. The zero-order valence-corrected chi connectivity index (χ0v) is 13.0. The second-order valence-corrected chi connectivity index (χ2v) is 5.55. The topological polar surface area (TPSA) is 72.3 Å². The van der Waals surface area contributed by atoms with Gasteiger partial charge in [0.1, 0.15) is 5.75 Å². The van der Waals surface area contributed by atoms with Gasteiger partial charge in [0.15, 0.2) is 12.0 Å². The number of hydrogen-bond donors (Lipinski definition) is 1. The summed E-state index contributed by atoms with van der Waals surface area (Å²) in [4.78, 5) is 11.0. The maximum absolute atomic E-state index is 11.0. The molecule has 0 bridgehead atoms. The van der Waals surface area contributed by atoms with Crippen LogP contribution in [0.3, 0.4) is 0 Å². The van der Waals surface area contributed by atoms with Crippen molar-refractivity contribution in [1.82, 2.24) is 5.32 Å². The number of hydrogen-bond acceptors (Lipinski definition) is 6. The van der Waals surface area contributed by atoms with Gasteiger partial charge in [-0.3, -0.25) is 4.79 Å². The van der Waals surface area contributed by atoms with Gasteiger partial charge >= 0.3 is 0 Å². The number of amidine groups is 1. The van der Waals surface area contributed by atoms with Crippen LogP contribution in [0.25, 0.3) is 0 Å². The molecule has 20 heavy (non-hydrogen) atoms. The zero-order chi connectivity index (χ0) is 14.4. The van der Waals surface area contributed by atoms with E-state index in [4.69, 9.17) is 9.47 Å². The van der Waals surface area contributed by atoms with E-state index in [1.165, 1.54) is 11.8 Å². The molecule has 106 valence electrons. The summed E-state index contributed by atoms with van der Waals surface area (Å²) < 4.78 is 11.0. The highest BCUT2D eigenvalue weighted by Crippen LogP contribution is 2.25. The quantitative estimate of drug-likeness (QED) is 0.496. The highest BCUT2D eigenvalue weighted by molar-refractivity contribution is 9.10. The Hall–Kier alpha value is -1.38. The van der Waals surface area contributed by atoms with Crippen LogP contribution in [0.4, 0.5) is 0 Å². The summed E-state index contributed by atoms with van der Waals surface area (Å²) in [6.45, 7) is 0.191. The molecule has 0 aliphatic carbocycles. The summed E-state index contributed by atoms with van der Waals surface area (Å²) in [5, 5.41) is 11.0. The number of rotatable bonds is 5. The van der Waals surface area contributed by atoms with Crippen LogP contribution in [0.5, 0.6) is 5.75 Å². The first kappa shape index (κ1) is 15.0. The lowest BCUT2D eigenvalue weighted by Gasteiger charge is -2.06. The molecule has 1 amide bonds.